The normalized spacial score (nSPS) is 16.4. The molecule has 27 heavy (non-hydrogen) atoms. The molecule has 0 heterocycles. The molecule has 0 aliphatic heterocycles. The zero-order valence-electron chi connectivity index (χ0n) is 18.1. The molecule has 0 nitrogen and oxygen atoms in total. The first kappa shape index (κ1) is 22.9. The van der Waals surface area contributed by atoms with Crippen LogP contribution in [0.1, 0.15) is 90.9 Å². The van der Waals surface area contributed by atoms with E-state index >= 15 is 0 Å². The summed E-state index contributed by atoms with van der Waals surface area (Å²) >= 11 is -2.46. The third-order valence-corrected chi connectivity index (χ3v) is 20.5. The molecule has 0 aromatic rings. The average Bonchev–Trinajstić information content (AvgIpc) is 3.38. The molecular weight excluding hydrogens is 404 g/mol. The molecule has 0 aromatic carbocycles. The minimum absolute atomic E-state index is 1.18. The van der Waals surface area contributed by atoms with Gasteiger partial charge in [0.15, 0.2) is 0 Å². The van der Waals surface area contributed by atoms with E-state index in [2.05, 4.69) is 56.9 Å². The number of rotatable bonds is 15. The van der Waals surface area contributed by atoms with E-state index in [-0.39, 0.29) is 0 Å². The molecule has 2 aliphatic carbocycles. The number of hydrogen-bond acceptors (Lipinski definition) is 0. The molecule has 0 aromatic heterocycles. The third-order valence-electron chi connectivity index (χ3n) is 6.51. The van der Waals surface area contributed by atoms with Crippen LogP contribution in [0, 0.1) is 0 Å². The van der Waals surface area contributed by atoms with Gasteiger partial charge in [0.1, 0.15) is 0 Å². The van der Waals surface area contributed by atoms with Crippen LogP contribution >= 0.6 is 0 Å². The summed E-state index contributed by atoms with van der Waals surface area (Å²) in [5.41, 5.74) is 1.77. The van der Waals surface area contributed by atoms with Crippen molar-refractivity contribution in [2.45, 2.75) is 99.2 Å². The second-order valence-electron chi connectivity index (χ2n) is 8.47. The Kier molecular flexibility index (Phi) is 10.9. The topological polar surface area (TPSA) is 0 Å². The molecule has 2 rings (SSSR count). The number of hydrogen-bond donors (Lipinski definition) is 0. The first-order chi connectivity index (χ1) is 13.3. The number of unbranched alkanes of at least 4 members (excludes halogenated alkanes) is 6. The second-order valence-corrected chi connectivity index (χ2v) is 19.3. The fourth-order valence-corrected chi connectivity index (χ4v) is 19.8. The van der Waals surface area contributed by atoms with Crippen LogP contribution in [-0.4, -0.2) is 0 Å². The first-order valence-electron chi connectivity index (χ1n) is 11.6. The third kappa shape index (κ3) is 6.56. The standard InChI is InChI=1S/C13H19.C5H5.2C4H9.Zr/c1-2-3-4-5-6-7-10-13-11-8-9-12-13;1-2-4-5-3-1;2*1-3-4-2;/h2,8,11H,1,3-7,9-10H2;1-3H,4H2;2*1,3-4H2,2H3;. The first-order valence-corrected chi connectivity index (χ1v) is 17.6. The van der Waals surface area contributed by atoms with Crippen molar-refractivity contribution in [1.82, 2.24) is 0 Å². The van der Waals surface area contributed by atoms with Gasteiger partial charge in [-0.25, -0.2) is 0 Å². The Morgan fingerprint density at radius 1 is 0.926 bits per heavy atom. The Morgan fingerprint density at radius 3 is 2.30 bits per heavy atom. The van der Waals surface area contributed by atoms with Gasteiger partial charge in [-0.1, -0.05) is 0 Å². The van der Waals surface area contributed by atoms with E-state index in [1.165, 1.54) is 77.0 Å². The maximum atomic E-state index is 3.85. The monoisotopic (exact) mass is 444 g/mol. The van der Waals surface area contributed by atoms with Crippen LogP contribution < -0.4 is 0 Å². The van der Waals surface area contributed by atoms with Gasteiger partial charge in [-0.3, -0.25) is 0 Å². The Labute approximate surface area is 174 Å². The van der Waals surface area contributed by atoms with Gasteiger partial charge in [0, 0.05) is 0 Å². The molecule has 0 saturated carbocycles. The zero-order chi connectivity index (χ0) is 19.4. The predicted octanol–water partition coefficient (Wildman–Crippen LogP) is 9.16. The minimum atomic E-state index is -2.46. The van der Waals surface area contributed by atoms with Gasteiger partial charge in [0.05, 0.1) is 0 Å². The quantitative estimate of drug-likeness (QED) is 0.174. The van der Waals surface area contributed by atoms with Crippen LogP contribution in [0.2, 0.25) is 8.26 Å². The molecule has 0 bridgehead atoms. The van der Waals surface area contributed by atoms with Crippen LogP contribution in [-0.2, 0) is 20.3 Å². The van der Waals surface area contributed by atoms with E-state index in [0.29, 0.717) is 0 Å². The Hall–Kier alpha value is -0.417. The van der Waals surface area contributed by atoms with Gasteiger partial charge in [0.25, 0.3) is 0 Å². The summed E-state index contributed by atoms with van der Waals surface area (Å²) in [6, 6.07) is 0. The molecule has 0 radical (unpaired) electrons. The summed E-state index contributed by atoms with van der Waals surface area (Å²) < 4.78 is 7.01. The maximum absolute atomic E-state index is 3.85. The zero-order valence-corrected chi connectivity index (χ0v) is 20.5. The molecule has 0 saturated heterocycles. The van der Waals surface area contributed by atoms with Gasteiger partial charge in [0.2, 0.25) is 0 Å². The Balaban J connectivity index is 2.16. The van der Waals surface area contributed by atoms with Crippen molar-refractivity contribution in [3.63, 3.8) is 0 Å². The Morgan fingerprint density at radius 2 is 1.67 bits per heavy atom. The van der Waals surface area contributed by atoms with Crippen LogP contribution in [0.25, 0.3) is 0 Å². The second kappa shape index (κ2) is 12.9. The van der Waals surface area contributed by atoms with E-state index < -0.39 is 20.3 Å². The van der Waals surface area contributed by atoms with Crippen LogP contribution in [0.3, 0.4) is 0 Å². The van der Waals surface area contributed by atoms with Gasteiger partial charge in [-0.05, 0) is 0 Å². The molecule has 0 N–H and O–H groups in total. The molecule has 150 valence electrons. The molecule has 2 aliphatic rings. The van der Waals surface area contributed by atoms with Crippen molar-refractivity contribution in [2.24, 2.45) is 0 Å². The van der Waals surface area contributed by atoms with E-state index in [0.717, 1.165) is 0 Å². The van der Waals surface area contributed by atoms with Crippen molar-refractivity contribution in [3.8, 4) is 0 Å². The van der Waals surface area contributed by atoms with Gasteiger partial charge in [-0.15, -0.1) is 0 Å². The van der Waals surface area contributed by atoms with Gasteiger partial charge >= 0.3 is 175 Å². The fourth-order valence-electron chi connectivity index (χ4n) is 4.95. The summed E-state index contributed by atoms with van der Waals surface area (Å²) in [6.07, 6.45) is 30.5. The predicted molar refractivity (Wildman–Crippen MR) is 120 cm³/mol. The summed E-state index contributed by atoms with van der Waals surface area (Å²) in [5.74, 6) is 0. The molecule has 0 atom stereocenters. The summed E-state index contributed by atoms with van der Waals surface area (Å²) in [5, 5.41) is 0. The summed E-state index contributed by atoms with van der Waals surface area (Å²) in [6.45, 7) is 8.60. The van der Waals surface area contributed by atoms with Crippen LogP contribution in [0.15, 0.2) is 55.2 Å². The van der Waals surface area contributed by atoms with E-state index in [1.807, 2.05) is 6.56 Å². The van der Waals surface area contributed by atoms with Crippen LogP contribution in [0.5, 0.6) is 0 Å². The Bertz CT molecular complexity index is 565. The van der Waals surface area contributed by atoms with E-state index in [4.69, 9.17) is 0 Å². The van der Waals surface area contributed by atoms with E-state index in [1.54, 1.807) is 13.8 Å². The van der Waals surface area contributed by atoms with Crippen molar-refractivity contribution in [1.29, 1.82) is 0 Å². The molecule has 0 fully saturated rings. The van der Waals surface area contributed by atoms with Crippen molar-refractivity contribution in [2.75, 3.05) is 0 Å². The number of allylic oxidation sites excluding steroid dienone is 9. The molecular formula is C26H42Zr. The average molecular weight is 446 g/mol. The molecule has 0 spiro atoms. The molecule has 0 unspecified atom stereocenters. The van der Waals surface area contributed by atoms with Crippen LogP contribution in [0.4, 0.5) is 0 Å². The van der Waals surface area contributed by atoms with Gasteiger partial charge < -0.3 is 0 Å². The SMILES string of the molecule is C=CCCCCCCC1=[C]([Zr]([CH2]CCC)([CH2]CCC)[C]2=CC=CC2)CC=C1. The summed E-state index contributed by atoms with van der Waals surface area (Å²) in [7, 11) is 0. The van der Waals surface area contributed by atoms with E-state index in [9.17, 15) is 0 Å². The molecule has 1 heteroatoms. The fraction of sp³-hybridized carbons (Fsp3) is 0.615. The van der Waals surface area contributed by atoms with Crippen molar-refractivity contribution in [3.05, 3.63) is 55.2 Å². The molecule has 0 amide bonds. The van der Waals surface area contributed by atoms with Crippen molar-refractivity contribution < 1.29 is 20.3 Å². The van der Waals surface area contributed by atoms with Gasteiger partial charge in [-0.2, -0.15) is 0 Å². The van der Waals surface area contributed by atoms with Crippen molar-refractivity contribution >= 4 is 0 Å². The summed E-state index contributed by atoms with van der Waals surface area (Å²) in [4.78, 5) is 0.